The van der Waals surface area contributed by atoms with E-state index in [1.54, 1.807) is 11.8 Å². The summed E-state index contributed by atoms with van der Waals surface area (Å²) in [5, 5.41) is 19.2. The normalized spacial score (nSPS) is 18.8. The third-order valence-corrected chi connectivity index (χ3v) is 6.84. The van der Waals surface area contributed by atoms with Gasteiger partial charge in [-0.3, -0.25) is 9.59 Å². The molecule has 1 amide bonds. The molecule has 3 atom stereocenters. The van der Waals surface area contributed by atoms with Gasteiger partial charge in [0, 0.05) is 31.2 Å². The Morgan fingerprint density at radius 3 is 2.72 bits per heavy atom. The third kappa shape index (κ3) is 8.79. The first-order valence-corrected chi connectivity index (χ1v) is 11.9. The number of aryl methyl sites for hydroxylation is 1. The molecule has 1 aliphatic heterocycles. The molecule has 6 heteroatoms. The number of carboxylic acids is 1. The van der Waals surface area contributed by atoms with Crippen LogP contribution in [0.2, 0.25) is 0 Å². The molecular weight excluding hydrogens is 386 g/mol. The van der Waals surface area contributed by atoms with Crippen LogP contribution in [0.3, 0.4) is 0 Å². The molecule has 1 aromatic carbocycles. The smallest absolute Gasteiger partial charge is 0.303 e. The zero-order valence-corrected chi connectivity index (χ0v) is 18.3. The summed E-state index contributed by atoms with van der Waals surface area (Å²) in [6.07, 6.45) is 5.56. The molecule has 1 fully saturated rings. The van der Waals surface area contributed by atoms with Crippen LogP contribution in [0.1, 0.15) is 57.4 Å². The molecule has 29 heavy (non-hydrogen) atoms. The van der Waals surface area contributed by atoms with Crippen LogP contribution in [-0.4, -0.2) is 57.2 Å². The minimum Gasteiger partial charge on any atom is -0.481 e. The quantitative estimate of drug-likeness (QED) is 0.444. The van der Waals surface area contributed by atoms with E-state index in [-0.39, 0.29) is 30.4 Å². The van der Waals surface area contributed by atoms with Gasteiger partial charge in [-0.2, -0.15) is 11.8 Å². The summed E-state index contributed by atoms with van der Waals surface area (Å²) in [5.41, 5.74) is 1.31. The predicted molar refractivity (Wildman–Crippen MR) is 118 cm³/mol. The number of carbonyl (C=O) groups is 2. The van der Waals surface area contributed by atoms with E-state index in [1.165, 1.54) is 5.56 Å². The number of hydrogen-bond donors (Lipinski definition) is 2. The average molecular weight is 422 g/mol. The fourth-order valence-electron chi connectivity index (χ4n) is 3.87. The van der Waals surface area contributed by atoms with Crippen LogP contribution in [0, 0.1) is 5.92 Å². The van der Waals surface area contributed by atoms with Crippen LogP contribution >= 0.6 is 11.8 Å². The SMILES string of the molecule is C[C@@H](CCc1ccccc1)[C@H](O)CCC1CCC(=O)N1CCSCCCC(=O)O. The van der Waals surface area contributed by atoms with E-state index < -0.39 is 5.97 Å². The Bertz CT molecular complexity index is 625. The second-order valence-corrected chi connectivity index (χ2v) is 9.26. The molecule has 0 aromatic heterocycles. The van der Waals surface area contributed by atoms with Gasteiger partial charge in [0.2, 0.25) is 5.91 Å². The number of rotatable bonds is 14. The summed E-state index contributed by atoms with van der Waals surface area (Å²) in [5.74, 6) is 1.37. The van der Waals surface area contributed by atoms with Gasteiger partial charge in [0.25, 0.3) is 0 Å². The maximum Gasteiger partial charge on any atom is 0.303 e. The maximum atomic E-state index is 12.2. The van der Waals surface area contributed by atoms with Gasteiger partial charge in [0.1, 0.15) is 0 Å². The van der Waals surface area contributed by atoms with Crippen LogP contribution in [0.4, 0.5) is 0 Å². The molecule has 0 aliphatic carbocycles. The number of aliphatic hydroxyl groups excluding tert-OH is 1. The molecule has 1 unspecified atom stereocenters. The van der Waals surface area contributed by atoms with E-state index in [0.29, 0.717) is 12.8 Å². The third-order valence-electron chi connectivity index (χ3n) is 5.79. The molecule has 1 aromatic rings. The number of benzene rings is 1. The summed E-state index contributed by atoms with van der Waals surface area (Å²) in [4.78, 5) is 24.7. The van der Waals surface area contributed by atoms with Crippen molar-refractivity contribution >= 4 is 23.6 Å². The molecule has 0 radical (unpaired) electrons. The fraction of sp³-hybridized carbons (Fsp3) is 0.652. The highest BCUT2D eigenvalue weighted by molar-refractivity contribution is 7.99. The van der Waals surface area contributed by atoms with Gasteiger partial charge in [-0.05, 0) is 55.8 Å². The van der Waals surface area contributed by atoms with E-state index in [4.69, 9.17) is 5.11 Å². The van der Waals surface area contributed by atoms with Crippen molar-refractivity contribution in [3.63, 3.8) is 0 Å². The van der Waals surface area contributed by atoms with Gasteiger partial charge in [-0.25, -0.2) is 0 Å². The van der Waals surface area contributed by atoms with E-state index in [9.17, 15) is 14.7 Å². The number of carbonyl (C=O) groups excluding carboxylic acids is 1. The molecule has 162 valence electrons. The van der Waals surface area contributed by atoms with E-state index in [2.05, 4.69) is 19.1 Å². The van der Waals surface area contributed by atoms with Crippen molar-refractivity contribution in [1.29, 1.82) is 0 Å². The Morgan fingerprint density at radius 1 is 1.24 bits per heavy atom. The minimum atomic E-state index is -0.753. The molecule has 0 spiro atoms. The van der Waals surface area contributed by atoms with Crippen LogP contribution in [0.5, 0.6) is 0 Å². The topological polar surface area (TPSA) is 77.8 Å². The van der Waals surface area contributed by atoms with Crippen molar-refractivity contribution in [1.82, 2.24) is 4.90 Å². The Labute approximate surface area is 178 Å². The van der Waals surface area contributed by atoms with E-state index in [0.717, 1.165) is 50.2 Å². The van der Waals surface area contributed by atoms with Gasteiger partial charge < -0.3 is 15.1 Å². The first-order chi connectivity index (χ1) is 14.0. The average Bonchev–Trinajstić information content (AvgIpc) is 3.07. The Balaban J connectivity index is 1.66. The van der Waals surface area contributed by atoms with Gasteiger partial charge >= 0.3 is 5.97 Å². The van der Waals surface area contributed by atoms with Crippen molar-refractivity contribution < 1.29 is 19.8 Å². The molecule has 0 bridgehead atoms. The van der Waals surface area contributed by atoms with Crippen LogP contribution in [0.15, 0.2) is 30.3 Å². The van der Waals surface area contributed by atoms with Crippen molar-refractivity contribution in [2.75, 3.05) is 18.1 Å². The first kappa shape index (κ1) is 23.7. The number of aliphatic hydroxyl groups is 1. The van der Waals surface area contributed by atoms with Gasteiger partial charge in [-0.1, -0.05) is 37.3 Å². The number of thioether (sulfide) groups is 1. The fourth-order valence-corrected chi connectivity index (χ4v) is 4.75. The molecule has 2 N–H and O–H groups in total. The van der Waals surface area contributed by atoms with Crippen LogP contribution in [0.25, 0.3) is 0 Å². The molecule has 5 nitrogen and oxygen atoms in total. The summed E-state index contributed by atoms with van der Waals surface area (Å²) >= 11 is 1.71. The number of likely N-dealkylation sites (tertiary alicyclic amines) is 1. The summed E-state index contributed by atoms with van der Waals surface area (Å²) in [7, 11) is 0. The number of hydrogen-bond acceptors (Lipinski definition) is 4. The lowest BCUT2D eigenvalue weighted by Crippen LogP contribution is -2.35. The predicted octanol–water partition coefficient (Wildman–Crippen LogP) is 3.99. The Kier molecular flexibility index (Phi) is 10.6. The van der Waals surface area contributed by atoms with E-state index in [1.807, 2.05) is 23.1 Å². The minimum absolute atomic E-state index is 0.207. The Hall–Kier alpha value is -1.53. The highest BCUT2D eigenvalue weighted by Crippen LogP contribution is 2.25. The van der Waals surface area contributed by atoms with Gasteiger partial charge in [0.05, 0.1) is 6.10 Å². The van der Waals surface area contributed by atoms with Crippen molar-refractivity contribution in [2.24, 2.45) is 5.92 Å². The lowest BCUT2D eigenvalue weighted by Gasteiger charge is -2.27. The van der Waals surface area contributed by atoms with Crippen molar-refractivity contribution in [3.8, 4) is 0 Å². The van der Waals surface area contributed by atoms with Gasteiger partial charge in [0.15, 0.2) is 0 Å². The maximum absolute atomic E-state index is 12.2. The zero-order chi connectivity index (χ0) is 21.1. The molecular formula is C23H35NO4S. The van der Waals surface area contributed by atoms with Crippen LogP contribution in [-0.2, 0) is 16.0 Å². The molecule has 1 saturated heterocycles. The number of aliphatic carboxylic acids is 1. The first-order valence-electron chi connectivity index (χ1n) is 10.8. The molecule has 0 saturated carbocycles. The summed E-state index contributed by atoms with van der Waals surface area (Å²) < 4.78 is 0. The highest BCUT2D eigenvalue weighted by atomic mass is 32.2. The highest BCUT2D eigenvalue weighted by Gasteiger charge is 2.31. The summed E-state index contributed by atoms with van der Waals surface area (Å²) in [6, 6.07) is 10.6. The molecule has 2 rings (SSSR count). The van der Waals surface area contributed by atoms with Gasteiger partial charge in [-0.15, -0.1) is 0 Å². The standard InChI is InChI=1S/C23H35NO4S/c1-18(9-10-19-6-3-2-4-7-19)21(25)13-11-20-12-14-22(26)24(20)15-17-29-16-5-8-23(27)28/h2-4,6-7,18,20-21,25H,5,8-17H2,1H3,(H,27,28)/t18-,20?,21+/m0/s1. The van der Waals surface area contributed by atoms with E-state index >= 15 is 0 Å². The lowest BCUT2D eigenvalue weighted by molar-refractivity contribution is -0.137. The molecule has 1 heterocycles. The monoisotopic (exact) mass is 421 g/mol. The second-order valence-electron chi connectivity index (χ2n) is 8.04. The number of amides is 1. The largest absolute Gasteiger partial charge is 0.481 e. The number of carboxylic acid groups (broad SMARTS) is 1. The number of nitrogens with zero attached hydrogens (tertiary/aromatic N) is 1. The summed E-state index contributed by atoms with van der Waals surface area (Å²) in [6.45, 7) is 2.83. The second kappa shape index (κ2) is 12.9. The zero-order valence-electron chi connectivity index (χ0n) is 17.5. The lowest BCUT2D eigenvalue weighted by atomic mass is 9.92. The molecule has 1 aliphatic rings. The van der Waals surface area contributed by atoms with Crippen molar-refractivity contribution in [2.45, 2.75) is 70.4 Å². The van der Waals surface area contributed by atoms with Crippen molar-refractivity contribution in [3.05, 3.63) is 35.9 Å². The van der Waals surface area contributed by atoms with Crippen LogP contribution < -0.4 is 0 Å². The Morgan fingerprint density at radius 2 is 2.00 bits per heavy atom.